The molecule has 0 spiro atoms. The summed E-state index contributed by atoms with van der Waals surface area (Å²) >= 11 is 0. The molecule has 0 bridgehead atoms. The second-order valence-electron chi connectivity index (χ2n) is 5.66. The SMILES string of the molecule is C1=C(c2[nH]nc3c(C4CCC4)cccc23)CNCC1. The molecular weight excluding hydrogens is 234 g/mol. The lowest BCUT2D eigenvalue weighted by atomic mass is 9.79. The molecule has 3 nitrogen and oxygen atoms in total. The second-order valence-corrected chi connectivity index (χ2v) is 5.66. The van der Waals surface area contributed by atoms with Gasteiger partial charge in [-0.3, -0.25) is 5.10 Å². The van der Waals surface area contributed by atoms with Crippen LogP contribution in [0.4, 0.5) is 0 Å². The zero-order valence-corrected chi connectivity index (χ0v) is 11.1. The summed E-state index contributed by atoms with van der Waals surface area (Å²) in [6.45, 7) is 2.04. The number of aromatic nitrogens is 2. The maximum Gasteiger partial charge on any atom is 0.0962 e. The summed E-state index contributed by atoms with van der Waals surface area (Å²) in [5.41, 5.74) is 5.20. The number of nitrogens with zero attached hydrogens (tertiary/aromatic N) is 1. The van der Waals surface area contributed by atoms with Gasteiger partial charge >= 0.3 is 0 Å². The molecule has 1 aliphatic carbocycles. The third-order valence-electron chi connectivity index (χ3n) is 4.51. The Balaban J connectivity index is 1.83. The second kappa shape index (κ2) is 4.49. The summed E-state index contributed by atoms with van der Waals surface area (Å²) in [5, 5.41) is 12.6. The van der Waals surface area contributed by atoms with Gasteiger partial charge in [-0.25, -0.2) is 0 Å². The number of nitrogens with one attached hydrogen (secondary N) is 2. The molecule has 1 saturated carbocycles. The Labute approximate surface area is 113 Å². The van der Waals surface area contributed by atoms with Crippen LogP contribution >= 0.6 is 0 Å². The van der Waals surface area contributed by atoms with Crippen molar-refractivity contribution >= 4 is 16.5 Å². The summed E-state index contributed by atoms with van der Waals surface area (Å²) in [4.78, 5) is 0. The Hall–Kier alpha value is -1.61. The van der Waals surface area contributed by atoms with Gasteiger partial charge in [0, 0.05) is 11.9 Å². The minimum absolute atomic E-state index is 0.735. The van der Waals surface area contributed by atoms with Gasteiger partial charge in [0.25, 0.3) is 0 Å². The van der Waals surface area contributed by atoms with Crippen molar-refractivity contribution < 1.29 is 0 Å². The van der Waals surface area contributed by atoms with E-state index in [4.69, 9.17) is 0 Å². The summed E-state index contributed by atoms with van der Waals surface area (Å²) in [6, 6.07) is 6.64. The smallest absolute Gasteiger partial charge is 0.0962 e. The first-order valence-electron chi connectivity index (χ1n) is 7.30. The minimum Gasteiger partial charge on any atom is -0.312 e. The highest BCUT2D eigenvalue weighted by atomic mass is 15.1. The Morgan fingerprint density at radius 1 is 1.21 bits per heavy atom. The molecule has 2 N–H and O–H groups in total. The van der Waals surface area contributed by atoms with Crippen LogP contribution in [0.25, 0.3) is 16.5 Å². The third kappa shape index (κ3) is 1.80. The molecule has 2 heterocycles. The highest BCUT2D eigenvalue weighted by Gasteiger charge is 2.23. The number of fused-ring (bicyclic) bond motifs is 1. The Bertz CT molecular complexity index is 634. The Kier molecular flexibility index (Phi) is 2.66. The number of H-pyrrole nitrogens is 1. The molecule has 1 aromatic heterocycles. The van der Waals surface area contributed by atoms with Crippen LogP contribution in [0.5, 0.6) is 0 Å². The average Bonchev–Trinajstić information content (AvgIpc) is 2.83. The van der Waals surface area contributed by atoms with Gasteiger partial charge in [0.2, 0.25) is 0 Å². The summed E-state index contributed by atoms with van der Waals surface area (Å²) in [7, 11) is 0. The molecule has 1 fully saturated rings. The van der Waals surface area contributed by atoms with Crippen molar-refractivity contribution in [3.63, 3.8) is 0 Å². The molecule has 0 unspecified atom stereocenters. The average molecular weight is 253 g/mol. The number of aromatic amines is 1. The predicted octanol–water partition coefficient (Wildman–Crippen LogP) is 3.21. The molecule has 0 saturated heterocycles. The van der Waals surface area contributed by atoms with Crippen LogP contribution in [0, 0.1) is 0 Å². The quantitative estimate of drug-likeness (QED) is 0.863. The third-order valence-corrected chi connectivity index (χ3v) is 4.51. The minimum atomic E-state index is 0.735. The van der Waals surface area contributed by atoms with Gasteiger partial charge in [-0.15, -0.1) is 0 Å². The van der Waals surface area contributed by atoms with Crippen LogP contribution in [0.15, 0.2) is 24.3 Å². The highest BCUT2D eigenvalue weighted by molar-refractivity contribution is 5.92. The fourth-order valence-electron chi connectivity index (χ4n) is 3.19. The number of benzene rings is 1. The van der Waals surface area contributed by atoms with Crippen LogP contribution in [0.3, 0.4) is 0 Å². The molecule has 2 aliphatic rings. The number of hydrogen-bond acceptors (Lipinski definition) is 2. The van der Waals surface area contributed by atoms with Gasteiger partial charge < -0.3 is 5.32 Å². The van der Waals surface area contributed by atoms with Crippen LogP contribution in [-0.2, 0) is 0 Å². The predicted molar refractivity (Wildman–Crippen MR) is 78.1 cm³/mol. The molecule has 1 aromatic carbocycles. The van der Waals surface area contributed by atoms with Crippen LogP contribution in [0.1, 0.15) is 42.9 Å². The van der Waals surface area contributed by atoms with Crippen LogP contribution < -0.4 is 5.32 Å². The van der Waals surface area contributed by atoms with E-state index in [1.807, 2.05) is 0 Å². The molecule has 19 heavy (non-hydrogen) atoms. The molecule has 0 amide bonds. The monoisotopic (exact) mass is 253 g/mol. The Morgan fingerprint density at radius 2 is 2.16 bits per heavy atom. The van der Waals surface area contributed by atoms with Crippen molar-refractivity contribution in [1.82, 2.24) is 15.5 Å². The van der Waals surface area contributed by atoms with Gasteiger partial charge in [0.05, 0.1) is 11.2 Å². The maximum atomic E-state index is 4.60. The van der Waals surface area contributed by atoms with Crippen LogP contribution in [0.2, 0.25) is 0 Å². The summed E-state index contributed by atoms with van der Waals surface area (Å²) < 4.78 is 0. The lowest BCUT2D eigenvalue weighted by Crippen LogP contribution is -2.21. The van der Waals surface area contributed by atoms with Crippen LogP contribution in [-0.4, -0.2) is 23.3 Å². The number of para-hydroxylation sites is 1. The van der Waals surface area contributed by atoms with E-state index in [2.05, 4.69) is 39.8 Å². The highest BCUT2D eigenvalue weighted by Crippen LogP contribution is 2.40. The molecule has 2 aromatic rings. The molecule has 0 radical (unpaired) electrons. The van der Waals surface area contributed by atoms with Crippen molar-refractivity contribution in [2.75, 3.05) is 13.1 Å². The van der Waals surface area contributed by atoms with Gasteiger partial charge in [-0.2, -0.15) is 5.10 Å². The van der Waals surface area contributed by atoms with E-state index < -0.39 is 0 Å². The lowest BCUT2D eigenvalue weighted by molar-refractivity contribution is 0.422. The Morgan fingerprint density at radius 3 is 2.89 bits per heavy atom. The fourth-order valence-corrected chi connectivity index (χ4v) is 3.19. The summed E-state index contributed by atoms with van der Waals surface area (Å²) in [5.74, 6) is 0.735. The molecule has 98 valence electrons. The van der Waals surface area contributed by atoms with E-state index >= 15 is 0 Å². The molecule has 3 heteroatoms. The molecular formula is C16H19N3. The van der Waals surface area contributed by atoms with E-state index in [1.165, 1.54) is 47.0 Å². The van der Waals surface area contributed by atoms with Gasteiger partial charge in [0.15, 0.2) is 0 Å². The number of hydrogen-bond donors (Lipinski definition) is 2. The first-order valence-corrected chi connectivity index (χ1v) is 7.30. The maximum absolute atomic E-state index is 4.60. The molecule has 4 rings (SSSR count). The van der Waals surface area contributed by atoms with Crippen molar-refractivity contribution in [3.8, 4) is 0 Å². The topological polar surface area (TPSA) is 40.7 Å². The van der Waals surface area contributed by atoms with E-state index in [1.54, 1.807) is 0 Å². The summed E-state index contributed by atoms with van der Waals surface area (Å²) in [6.07, 6.45) is 7.46. The fraction of sp³-hybridized carbons (Fsp3) is 0.438. The van der Waals surface area contributed by atoms with Gasteiger partial charge in [-0.1, -0.05) is 30.7 Å². The normalized spacial score (nSPS) is 20.3. The first-order chi connectivity index (χ1) is 9.43. The zero-order chi connectivity index (χ0) is 12.7. The number of rotatable bonds is 2. The molecule has 0 atom stereocenters. The van der Waals surface area contributed by atoms with E-state index in [0.717, 1.165) is 25.4 Å². The lowest BCUT2D eigenvalue weighted by Gasteiger charge is -2.25. The zero-order valence-electron chi connectivity index (χ0n) is 11.1. The van der Waals surface area contributed by atoms with Gasteiger partial charge in [-0.05, 0) is 42.9 Å². The van der Waals surface area contributed by atoms with E-state index in [-0.39, 0.29) is 0 Å². The van der Waals surface area contributed by atoms with Crippen molar-refractivity contribution in [2.45, 2.75) is 31.6 Å². The van der Waals surface area contributed by atoms with Crippen molar-refractivity contribution in [2.24, 2.45) is 0 Å². The largest absolute Gasteiger partial charge is 0.312 e. The first kappa shape index (κ1) is 11.2. The molecule has 1 aliphatic heterocycles. The van der Waals surface area contributed by atoms with Crippen molar-refractivity contribution in [3.05, 3.63) is 35.5 Å². The standard InChI is InChI=1S/C16H19N3/c1-4-11(5-1)13-7-2-8-14-15(18-19-16(13)14)12-6-3-9-17-10-12/h2,6-8,11,17H,1,3-5,9-10H2,(H,18,19). The van der Waals surface area contributed by atoms with Gasteiger partial charge in [0.1, 0.15) is 0 Å². The van der Waals surface area contributed by atoms with E-state index in [9.17, 15) is 0 Å². The van der Waals surface area contributed by atoms with E-state index in [0.29, 0.717) is 0 Å². The van der Waals surface area contributed by atoms with Crippen molar-refractivity contribution in [1.29, 1.82) is 0 Å².